The standard InChI is InChI=1S/C23H37NO6/c1-5-24-11-20(25)7-6-17(29-3)22-15(20)9-13(18(22)24)21(26)10-14(28-2)12-8-16(22)23(21,27)19(12)30-4/h12-19,25-27H,5-11H2,1-4H3/t12-,13+,14+,15-,16+,17+,18-,19-,20-,21+,22-,23+/m1/s1. The van der Waals surface area contributed by atoms with Crippen molar-refractivity contribution in [2.24, 2.45) is 29.1 Å². The highest BCUT2D eigenvalue weighted by Gasteiger charge is 2.88. The van der Waals surface area contributed by atoms with Crippen LogP contribution in [0.1, 0.15) is 39.0 Å². The lowest BCUT2D eigenvalue weighted by molar-refractivity contribution is -0.338. The highest BCUT2D eigenvalue weighted by molar-refractivity contribution is 5.38. The van der Waals surface area contributed by atoms with Gasteiger partial charge in [-0.05, 0) is 38.1 Å². The van der Waals surface area contributed by atoms with Crippen LogP contribution in [-0.4, -0.2) is 95.8 Å². The van der Waals surface area contributed by atoms with E-state index in [1.165, 1.54) is 0 Å². The molecular formula is C23H37NO6. The van der Waals surface area contributed by atoms with Gasteiger partial charge in [0.25, 0.3) is 0 Å². The van der Waals surface area contributed by atoms with Crippen LogP contribution in [0.2, 0.25) is 0 Å². The summed E-state index contributed by atoms with van der Waals surface area (Å²) in [5.74, 6) is -0.262. The molecule has 7 heteroatoms. The van der Waals surface area contributed by atoms with Crippen molar-refractivity contribution in [1.82, 2.24) is 4.90 Å². The fourth-order valence-electron chi connectivity index (χ4n) is 10.3. The van der Waals surface area contributed by atoms with E-state index in [0.29, 0.717) is 13.0 Å². The number of aliphatic hydroxyl groups is 3. The fraction of sp³-hybridized carbons (Fsp3) is 1.00. The Kier molecular flexibility index (Phi) is 4.06. The Balaban J connectivity index is 1.63. The van der Waals surface area contributed by atoms with Crippen LogP contribution in [0.4, 0.5) is 0 Å². The van der Waals surface area contributed by atoms with Crippen molar-refractivity contribution in [2.45, 2.75) is 80.2 Å². The van der Waals surface area contributed by atoms with Crippen molar-refractivity contribution in [3.05, 3.63) is 0 Å². The van der Waals surface area contributed by atoms with Crippen LogP contribution in [0.5, 0.6) is 0 Å². The maximum atomic E-state index is 12.4. The van der Waals surface area contributed by atoms with E-state index in [-0.39, 0.29) is 47.3 Å². The van der Waals surface area contributed by atoms with E-state index in [9.17, 15) is 15.3 Å². The van der Waals surface area contributed by atoms with E-state index in [2.05, 4.69) is 11.8 Å². The summed E-state index contributed by atoms with van der Waals surface area (Å²) < 4.78 is 18.0. The molecule has 3 N–H and O–H groups in total. The smallest absolute Gasteiger partial charge is 0.124 e. The summed E-state index contributed by atoms with van der Waals surface area (Å²) >= 11 is 0. The average molecular weight is 424 g/mol. The molecule has 6 aliphatic rings. The number of piperidine rings is 1. The molecule has 0 aromatic heterocycles. The van der Waals surface area contributed by atoms with Gasteiger partial charge >= 0.3 is 0 Å². The second-order valence-corrected chi connectivity index (χ2v) is 11.1. The van der Waals surface area contributed by atoms with Gasteiger partial charge in [0, 0.05) is 63.5 Å². The Morgan fingerprint density at radius 2 is 1.77 bits per heavy atom. The quantitative estimate of drug-likeness (QED) is 0.603. The molecule has 1 saturated heterocycles. The first kappa shape index (κ1) is 20.3. The van der Waals surface area contributed by atoms with Crippen molar-refractivity contribution in [3.63, 3.8) is 0 Å². The minimum Gasteiger partial charge on any atom is -0.388 e. The summed E-state index contributed by atoms with van der Waals surface area (Å²) in [7, 11) is 5.13. The van der Waals surface area contributed by atoms with Gasteiger partial charge in [0.15, 0.2) is 0 Å². The zero-order valence-electron chi connectivity index (χ0n) is 18.6. The monoisotopic (exact) mass is 423 g/mol. The van der Waals surface area contributed by atoms with E-state index >= 15 is 0 Å². The van der Waals surface area contributed by atoms with Gasteiger partial charge in [-0.25, -0.2) is 0 Å². The first-order chi connectivity index (χ1) is 14.3. The van der Waals surface area contributed by atoms with Gasteiger partial charge < -0.3 is 29.5 Å². The molecule has 5 aliphatic carbocycles. The SMILES string of the molecule is CCN1C[C@]2(O)CC[C@H](OC)[C@]34[C@@H]2C[C@@H]([C@@H]13)[C@@]1(O)C[C@H](OC)[C@H]2C[C@@H]4[C@]1(O)[C@@H]2OC. The van der Waals surface area contributed by atoms with Crippen molar-refractivity contribution in [2.75, 3.05) is 34.4 Å². The van der Waals surface area contributed by atoms with Gasteiger partial charge in [-0.3, -0.25) is 4.90 Å². The Bertz CT molecular complexity index is 751. The van der Waals surface area contributed by atoms with Gasteiger partial charge in [-0.15, -0.1) is 0 Å². The number of ether oxygens (including phenoxy) is 3. The molecule has 7 bridgehead atoms. The molecular weight excluding hydrogens is 386 g/mol. The van der Waals surface area contributed by atoms with E-state index < -0.39 is 22.9 Å². The summed E-state index contributed by atoms with van der Waals surface area (Å²) in [6.07, 6.45) is 2.77. The van der Waals surface area contributed by atoms with Gasteiger partial charge in [0.05, 0.1) is 23.9 Å². The van der Waals surface area contributed by atoms with E-state index in [1.54, 1.807) is 21.3 Å². The Labute approximate surface area is 178 Å². The predicted octanol–water partition coefficient (Wildman–Crippen LogP) is 0.399. The third kappa shape index (κ3) is 1.80. The summed E-state index contributed by atoms with van der Waals surface area (Å²) in [6.45, 7) is 3.62. The molecule has 5 saturated carbocycles. The van der Waals surface area contributed by atoms with Crippen LogP contribution in [0.3, 0.4) is 0 Å². The van der Waals surface area contributed by atoms with Crippen LogP contribution in [0, 0.1) is 29.1 Å². The molecule has 7 nitrogen and oxygen atoms in total. The molecule has 6 rings (SSSR count). The molecule has 30 heavy (non-hydrogen) atoms. The number of methoxy groups -OCH3 is 3. The van der Waals surface area contributed by atoms with E-state index in [1.807, 2.05) is 0 Å². The molecule has 0 unspecified atom stereocenters. The minimum atomic E-state index is -1.34. The molecule has 0 aromatic rings. The Hall–Kier alpha value is -0.280. The molecule has 1 heterocycles. The van der Waals surface area contributed by atoms with Crippen LogP contribution < -0.4 is 0 Å². The van der Waals surface area contributed by atoms with Crippen LogP contribution in [-0.2, 0) is 14.2 Å². The number of rotatable bonds is 4. The molecule has 1 aliphatic heterocycles. The highest BCUT2D eigenvalue weighted by Crippen LogP contribution is 2.78. The van der Waals surface area contributed by atoms with Crippen molar-refractivity contribution in [3.8, 4) is 0 Å². The summed E-state index contributed by atoms with van der Waals surface area (Å²) in [6, 6.07) is 0.0974. The number of likely N-dealkylation sites (tertiary alicyclic amines) is 1. The van der Waals surface area contributed by atoms with Crippen molar-refractivity contribution in [1.29, 1.82) is 0 Å². The lowest BCUT2D eigenvalue weighted by atomic mass is 9.44. The van der Waals surface area contributed by atoms with Gasteiger partial charge in [0.2, 0.25) is 0 Å². The lowest BCUT2D eigenvalue weighted by Gasteiger charge is -2.70. The van der Waals surface area contributed by atoms with Gasteiger partial charge in [-0.1, -0.05) is 6.92 Å². The van der Waals surface area contributed by atoms with Crippen LogP contribution in [0.25, 0.3) is 0 Å². The van der Waals surface area contributed by atoms with Gasteiger partial charge in [0.1, 0.15) is 11.2 Å². The number of likely N-dealkylation sites (N-methyl/N-ethyl adjacent to an activating group) is 1. The van der Waals surface area contributed by atoms with E-state index in [0.717, 1.165) is 32.2 Å². The minimum absolute atomic E-state index is 0.0300. The number of β-amino-alcohol motifs (C(OH)–C–C–N with tert-alkyl or cyclic N) is 1. The van der Waals surface area contributed by atoms with Crippen LogP contribution in [0.15, 0.2) is 0 Å². The number of nitrogens with zero attached hydrogens (tertiary/aromatic N) is 1. The maximum absolute atomic E-state index is 12.4. The number of hydrogen-bond acceptors (Lipinski definition) is 7. The third-order valence-corrected chi connectivity index (χ3v) is 10.9. The maximum Gasteiger partial charge on any atom is 0.124 e. The molecule has 6 fully saturated rings. The second kappa shape index (κ2) is 5.99. The molecule has 170 valence electrons. The summed E-state index contributed by atoms with van der Waals surface area (Å²) in [4.78, 5) is 2.40. The lowest BCUT2D eigenvalue weighted by Crippen LogP contribution is -2.83. The molecule has 0 radical (unpaired) electrons. The van der Waals surface area contributed by atoms with E-state index in [4.69, 9.17) is 14.2 Å². The molecule has 1 spiro atoms. The van der Waals surface area contributed by atoms with Gasteiger partial charge in [-0.2, -0.15) is 0 Å². The first-order valence-electron chi connectivity index (χ1n) is 11.8. The first-order valence-corrected chi connectivity index (χ1v) is 11.8. The topological polar surface area (TPSA) is 91.6 Å². The normalized spacial score (nSPS) is 63.3. The zero-order valence-corrected chi connectivity index (χ0v) is 18.6. The largest absolute Gasteiger partial charge is 0.388 e. The number of fused-ring (bicyclic) bond motifs is 2. The molecule has 0 amide bonds. The summed E-state index contributed by atoms with van der Waals surface area (Å²) in [5, 5.41) is 36.8. The highest BCUT2D eigenvalue weighted by atomic mass is 16.5. The predicted molar refractivity (Wildman–Crippen MR) is 108 cm³/mol. The Morgan fingerprint density at radius 1 is 1.00 bits per heavy atom. The van der Waals surface area contributed by atoms with Crippen molar-refractivity contribution < 1.29 is 29.5 Å². The molecule has 12 atom stereocenters. The number of hydrogen-bond donors (Lipinski definition) is 3. The van der Waals surface area contributed by atoms with Crippen molar-refractivity contribution >= 4 is 0 Å². The Morgan fingerprint density at radius 3 is 2.40 bits per heavy atom. The van der Waals surface area contributed by atoms with Crippen LogP contribution >= 0.6 is 0 Å². The zero-order chi connectivity index (χ0) is 21.3. The molecule has 0 aromatic carbocycles. The summed E-state index contributed by atoms with van der Waals surface area (Å²) in [5.41, 5.74) is -3.81. The fourth-order valence-corrected chi connectivity index (χ4v) is 10.3. The third-order valence-electron chi connectivity index (χ3n) is 10.9. The second-order valence-electron chi connectivity index (χ2n) is 11.1. The average Bonchev–Trinajstić information content (AvgIpc) is 3.16.